The molecule has 0 radical (unpaired) electrons. The Bertz CT molecular complexity index is 91.0. The van der Waals surface area contributed by atoms with Crippen molar-refractivity contribution in [1.29, 1.82) is 0 Å². The average Bonchev–Trinajstić information content (AvgIpc) is 1.88. The van der Waals surface area contributed by atoms with E-state index in [1.54, 1.807) is 0 Å². The van der Waals surface area contributed by atoms with Crippen LogP contribution < -0.4 is 0 Å². The normalized spacial score (nSPS) is 31.6. The summed E-state index contributed by atoms with van der Waals surface area (Å²) in [5.74, 6) is 2.73. The molecule has 0 aromatic carbocycles. The Kier molecular flexibility index (Phi) is 6.27. The van der Waals surface area contributed by atoms with Gasteiger partial charge in [0.1, 0.15) is 0 Å². The SMILES string of the molecule is CC1C[CH-]C(C(C)C)CC1.[Y+3]. The van der Waals surface area contributed by atoms with Crippen LogP contribution in [-0.2, 0) is 32.7 Å². The van der Waals surface area contributed by atoms with E-state index < -0.39 is 0 Å². The molecular formula is C10H19Y+2. The van der Waals surface area contributed by atoms with E-state index >= 15 is 0 Å². The zero-order chi connectivity index (χ0) is 7.56. The summed E-state index contributed by atoms with van der Waals surface area (Å²) in [6, 6.07) is 0. The summed E-state index contributed by atoms with van der Waals surface area (Å²) in [6.07, 6.45) is 6.75. The molecule has 1 heteroatoms. The molecular weight excluding hydrogens is 209 g/mol. The summed E-state index contributed by atoms with van der Waals surface area (Å²) in [6.45, 7) is 7.02. The van der Waals surface area contributed by atoms with E-state index in [1.807, 2.05) is 0 Å². The molecule has 0 N–H and O–H groups in total. The Morgan fingerprint density at radius 2 is 1.91 bits per heavy atom. The summed E-state index contributed by atoms with van der Waals surface area (Å²) < 4.78 is 0. The average molecular weight is 228 g/mol. The van der Waals surface area contributed by atoms with E-state index in [0.29, 0.717) is 0 Å². The molecule has 0 aromatic rings. The van der Waals surface area contributed by atoms with Crippen LogP contribution in [-0.4, -0.2) is 0 Å². The Morgan fingerprint density at radius 1 is 1.27 bits per heavy atom. The molecule has 60 valence electrons. The van der Waals surface area contributed by atoms with Crippen molar-refractivity contribution in [3.05, 3.63) is 6.42 Å². The van der Waals surface area contributed by atoms with Crippen LogP contribution in [0.3, 0.4) is 0 Å². The summed E-state index contributed by atoms with van der Waals surface area (Å²) in [5.41, 5.74) is 0. The molecule has 2 atom stereocenters. The first-order chi connectivity index (χ1) is 4.70. The van der Waals surface area contributed by atoms with Gasteiger partial charge in [-0.3, -0.25) is 0 Å². The molecule has 1 rings (SSSR count). The van der Waals surface area contributed by atoms with Crippen molar-refractivity contribution in [3.63, 3.8) is 0 Å². The van der Waals surface area contributed by atoms with E-state index in [0.717, 1.165) is 17.8 Å². The molecule has 0 aromatic heterocycles. The van der Waals surface area contributed by atoms with Crippen LogP contribution in [0.25, 0.3) is 0 Å². The van der Waals surface area contributed by atoms with E-state index in [1.165, 1.54) is 19.3 Å². The maximum Gasteiger partial charge on any atom is 3.00 e. The summed E-state index contributed by atoms with van der Waals surface area (Å²) in [7, 11) is 0. The second-order valence-corrected chi connectivity index (χ2v) is 4.06. The van der Waals surface area contributed by atoms with Crippen molar-refractivity contribution in [2.45, 2.75) is 40.0 Å². The molecule has 0 amide bonds. The van der Waals surface area contributed by atoms with Crippen molar-refractivity contribution in [2.24, 2.45) is 17.8 Å². The smallest absolute Gasteiger partial charge is 0.325 e. The predicted molar refractivity (Wildman–Crippen MR) is 45.6 cm³/mol. The molecule has 0 saturated heterocycles. The molecule has 1 aliphatic rings. The third kappa shape index (κ3) is 4.03. The van der Waals surface area contributed by atoms with Crippen molar-refractivity contribution in [2.75, 3.05) is 0 Å². The van der Waals surface area contributed by atoms with E-state index in [9.17, 15) is 0 Å². The van der Waals surface area contributed by atoms with Gasteiger partial charge in [-0.2, -0.15) is 12.3 Å². The topological polar surface area (TPSA) is 0 Å². The number of rotatable bonds is 1. The Labute approximate surface area is 96.4 Å². The van der Waals surface area contributed by atoms with E-state index in [-0.39, 0.29) is 32.7 Å². The van der Waals surface area contributed by atoms with Gasteiger partial charge in [0.2, 0.25) is 0 Å². The maximum absolute atomic E-state index is 2.53. The van der Waals surface area contributed by atoms with Crippen LogP contribution in [0.5, 0.6) is 0 Å². The summed E-state index contributed by atoms with van der Waals surface area (Å²) in [4.78, 5) is 0. The number of hydrogen-bond acceptors (Lipinski definition) is 0. The first-order valence-electron chi connectivity index (χ1n) is 4.53. The van der Waals surface area contributed by atoms with Crippen LogP contribution in [0.4, 0.5) is 0 Å². The maximum atomic E-state index is 2.53. The Morgan fingerprint density at radius 3 is 2.27 bits per heavy atom. The predicted octanol–water partition coefficient (Wildman–Crippen LogP) is 3.28. The van der Waals surface area contributed by atoms with Gasteiger partial charge in [-0.15, -0.1) is 0 Å². The first-order valence-corrected chi connectivity index (χ1v) is 4.53. The van der Waals surface area contributed by atoms with E-state index in [4.69, 9.17) is 0 Å². The second kappa shape index (κ2) is 5.70. The Hall–Kier alpha value is 1.10. The zero-order valence-electron chi connectivity index (χ0n) is 8.01. The van der Waals surface area contributed by atoms with Gasteiger partial charge >= 0.3 is 32.7 Å². The van der Waals surface area contributed by atoms with Gasteiger partial charge < -0.3 is 6.42 Å². The van der Waals surface area contributed by atoms with Crippen molar-refractivity contribution < 1.29 is 32.7 Å². The fourth-order valence-electron chi connectivity index (χ4n) is 1.73. The van der Waals surface area contributed by atoms with Gasteiger partial charge in [0.15, 0.2) is 0 Å². The van der Waals surface area contributed by atoms with Crippen LogP contribution in [0, 0.1) is 24.2 Å². The zero-order valence-corrected chi connectivity index (χ0v) is 10.8. The molecule has 0 nitrogen and oxygen atoms in total. The largest absolute Gasteiger partial charge is 3.00 e. The molecule has 0 aliphatic heterocycles. The van der Waals surface area contributed by atoms with Crippen LogP contribution >= 0.6 is 0 Å². The quantitative estimate of drug-likeness (QED) is 0.604. The molecule has 2 unspecified atom stereocenters. The van der Waals surface area contributed by atoms with Crippen molar-refractivity contribution in [1.82, 2.24) is 0 Å². The standard InChI is InChI=1S/C10H19.Y/c1-8(2)10-6-4-9(3)5-7-10;/h6,8-10H,4-5,7H2,1-3H3;/q-1;+3. The van der Waals surface area contributed by atoms with Gasteiger partial charge in [0, 0.05) is 0 Å². The molecule has 1 aliphatic carbocycles. The summed E-state index contributed by atoms with van der Waals surface area (Å²) in [5, 5.41) is 0. The third-order valence-corrected chi connectivity index (χ3v) is 2.69. The first kappa shape index (κ1) is 12.1. The minimum Gasteiger partial charge on any atom is -0.325 e. The number of hydrogen-bond donors (Lipinski definition) is 0. The second-order valence-electron chi connectivity index (χ2n) is 4.06. The third-order valence-electron chi connectivity index (χ3n) is 2.69. The van der Waals surface area contributed by atoms with Gasteiger partial charge in [0.05, 0.1) is 0 Å². The van der Waals surface area contributed by atoms with Gasteiger partial charge in [0.25, 0.3) is 0 Å². The molecule has 0 heterocycles. The van der Waals surface area contributed by atoms with Crippen molar-refractivity contribution in [3.8, 4) is 0 Å². The van der Waals surface area contributed by atoms with Crippen molar-refractivity contribution >= 4 is 0 Å². The fraction of sp³-hybridized carbons (Fsp3) is 0.900. The van der Waals surface area contributed by atoms with Crippen LogP contribution in [0.2, 0.25) is 0 Å². The fourth-order valence-corrected chi connectivity index (χ4v) is 1.73. The van der Waals surface area contributed by atoms with Gasteiger partial charge in [-0.1, -0.05) is 45.4 Å². The van der Waals surface area contributed by atoms with Crippen LogP contribution in [0.15, 0.2) is 0 Å². The van der Waals surface area contributed by atoms with Gasteiger partial charge in [-0.05, 0) is 0 Å². The minimum absolute atomic E-state index is 0. The summed E-state index contributed by atoms with van der Waals surface area (Å²) >= 11 is 0. The Balaban J connectivity index is 0.000001000. The molecule has 0 bridgehead atoms. The molecule has 1 saturated carbocycles. The minimum atomic E-state index is 0. The molecule has 0 spiro atoms. The van der Waals surface area contributed by atoms with E-state index in [2.05, 4.69) is 27.2 Å². The van der Waals surface area contributed by atoms with Crippen LogP contribution in [0.1, 0.15) is 40.0 Å². The van der Waals surface area contributed by atoms with Gasteiger partial charge in [-0.25, -0.2) is 0 Å². The molecule has 11 heavy (non-hydrogen) atoms. The molecule has 1 fully saturated rings. The monoisotopic (exact) mass is 228 g/mol.